The number of anilines is 1. The van der Waals surface area contributed by atoms with E-state index in [4.69, 9.17) is 47.0 Å². The van der Waals surface area contributed by atoms with Gasteiger partial charge in [0.25, 0.3) is 5.91 Å². The summed E-state index contributed by atoms with van der Waals surface area (Å²) in [6, 6.07) is 12.2. The van der Waals surface area contributed by atoms with Gasteiger partial charge in [0.15, 0.2) is 5.11 Å². The molecule has 1 aliphatic heterocycles. The van der Waals surface area contributed by atoms with Gasteiger partial charge < -0.3 is 5.32 Å². The minimum atomic E-state index is -0.297. The van der Waals surface area contributed by atoms with Crippen molar-refractivity contribution < 1.29 is 4.79 Å². The van der Waals surface area contributed by atoms with Crippen molar-refractivity contribution in [3.05, 3.63) is 68.8 Å². The Kier molecular flexibility index (Phi) is 4.60. The molecule has 1 amide bonds. The maximum absolute atomic E-state index is 12.6. The van der Waals surface area contributed by atoms with Gasteiger partial charge in [0.05, 0.1) is 15.7 Å². The number of hydrogen-bond acceptors (Lipinski definition) is 2. The zero-order valence-corrected chi connectivity index (χ0v) is 14.6. The fraction of sp³-hybridized carbons (Fsp3) is 0. The van der Waals surface area contributed by atoms with Gasteiger partial charge in [0.1, 0.15) is 5.70 Å². The number of hydrogen-bond donors (Lipinski definition) is 1. The number of nitrogens with one attached hydrogen (secondary N) is 1. The number of amides is 1. The number of carbonyl (C=O) groups is 1. The van der Waals surface area contributed by atoms with Crippen molar-refractivity contribution in [3.63, 3.8) is 0 Å². The minimum absolute atomic E-state index is 0.249. The van der Waals surface area contributed by atoms with Gasteiger partial charge in [0, 0.05) is 5.02 Å². The molecule has 3 rings (SSSR count). The second-order valence-corrected chi connectivity index (χ2v) is 6.36. The summed E-state index contributed by atoms with van der Waals surface area (Å²) in [6.07, 6.45) is 1.70. The summed E-state index contributed by atoms with van der Waals surface area (Å²) in [6.45, 7) is 0. The molecule has 0 radical (unpaired) electrons. The maximum Gasteiger partial charge on any atom is 0.281 e. The average Bonchev–Trinajstić information content (AvgIpc) is 2.79. The predicted molar refractivity (Wildman–Crippen MR) is 99.1 cm³/mol. The Morgan fingerprint density at radius 1 is 1.04 bits per heavy atom. The van der Waals surface area contributed by atoms with Crippen LogP contribution in [-0.2, 0) is 4.79 Å². The Morgan fingerprint density at radius 2 is 1.74 bits per heavy atom. The minimum Gasteiger partial charge on any atom is -0.327 e. The first-order valence-corrected chi connectivity index (χ1v) is 8.08. The molecule has 0 aromatic heterocycles. The summed E-state index contributed by atoms with van der Waals surface area (Å²) < 4.78 is 0. The molecule has 0 atom stereocenters. The molecule has 23 heavy (non-hydrogen) atoms. The summed E-state index contributed by atoms with van der Waals surface area (Å²) in [5.41, 5.74) is 1.63. The van der Waals surface area contributed by atoms with E-state index in [0.717, 1.165) is 5.56 Å². The SMILES string of the molecule is O=C1/C(=C\c2ccc(Cl)cc2)NC(=S)N1c1cccc(Cl)c1Cl. The molecule has 3 nitrogen and oxygen atoms in total. The highest BCUT2D eigenvalue weighted by atomic mass is 35.5. The van der Waals surface area contributed by atoms with Crippen molar-refractivity contribution in [1.29, 1.82) is 0 Å². The third-order valence-electron chi connectivity index (χ3n) is 3.23. The fourth-order valence-electron chi connectivity index (χ4n) is 2.14. The molecule has 1 N–H and O–H groups in total. The number of nitrogens with zero attached hydrogens (tertiary/aromatic N) is 1. The molecule has 1 aliphatic rings. The molecular formula is C16H9Cl3N2OS. The molecule has 0 saturated carbocycles. The second-order valence-electron chi connectivity index (χ2n) is 4.75. The molecule has 0 spiro atoms. The zero-order valence-electron chi connectivity index (χ0n) is 11.5. The summed E-state index contributed by atoms with van der Waals surface area (Å²) in [5, 5.41) is 4.40. The number of thiocarbonyl (C=S) groups is 1. The Balaban J connectivity index is 1.97. The summed E-state index contributed by atoms with van der Waals surface area (Å²) in [4.78, 5) is 14.0. The van der Waals surface area contributed by atoms with Crippen LogP contribution in [-0.4, -0.2) is 11.0 Å². The van der Waals surface area contributed by atoms with Crippen LogP contribution in [0.1, 0.15) is 5.56 Å². The Bertz CT molecular complexity index is 834. The van der Waals surface area contributed by atoms with Gasteiger partial charge in [0.2, 0.25) is 0 Å². The first-order valence-electron chi connectivity index (χ1n) is 6.54. The highest BCUT2D eigenvalue weighted by Crippen LogP contribution is 2.34. The molecule has 1 saturated heterocycles. The Morgan fingerprint density at radius 3 is 2.43 bits per heavy atom. The van der Waals surface area contributed by atoms with Gasteiger partial charge in [-0.3, -0.25) is 9.69 Å². The van der Waals surface area contributed by atoms with Gasteiger partial charge in [-0.05, 0) is 48.1 Å². The van der Waals surface area contributed by atoms with E-state index >= 15 is 0 Å². The van der Waals surface area contributed by atoms with Crippen LogP contribution in [0.15, 0.2) is 48.2 Å². The standard InChI is InChI=1S/C16H9Cl3N2OS/c17-10-6-4-9(5-7-10)8-12-15(22)21(16(23)20-12)13-3-1-2-11(18)14(13)19/h1-8H,(H,20,23)/b12-8+. The van der Waals surface area contributed by atoms with E-state index in [1.54, 1.807) is 36.4 Å². The first-order chi connectivity index (χ1) is 11.0. The normalized spacial score (nSPS) is 16.1. The third kappa shape index (κ3) is 3.21. The monoisotopic (exact) mass is 382 g/mol. The van der Waals surface area contributed by atoms with Crippen LogP contribution in [0.3, 0.4) is 0 Å². The van der Waals surface area contributed by atoms with Crippen LogP contribution in [0, 0.1) is 0 Å². The van der Waals surface area contributed by atoms with Gasteiger partial charge in [-0.15, -0.1) is 0 Å². The van der Waals surface area contributed by atoms with E-state index in [9.17, 15) is 4.79 Å². The highest BCUT2D eigenvalue weighted by Gasteiger charge is 2.33. The zero-order chi connectivity index (χ0) is 16.6. The van der Waals surface area contributed by atoms with Gasteiger partial charge in [-0.2, -0.15) is 0 Å². The van der Waals surface area contributed by atoms with Crippen LogP contribution in [0.25, 0.3) is 6.08 Å². The van der Waals surface area contributed by atoms with Crippen molar-refractivity contribution in [2.75, 3.05) is 4.90 Å². The van der Waals surface area contributed by atoms with Crippen LogP contribution < -0.4 is 10.2 Å². The van der Waals surface area contributed by atoms with Gasteiger partial charge in [-0.25, -0.2) is 0 Å². The van der Waals surface area contributed by atoms with Crippen molar-refractivity contribution in [3.8, 4) is 0 Å². The third-order valence-corrected chi connectivity index (χ3v) is 4.58. The summed E-state index contributed by atoms with van der Waals surface area (Å²) in [5.74, 6) is -0.297. The lowest BCUT2D eigenvalue weighted by atomic mass is 10.2. The van der Waals surface area contributed by atoms with Crippen molar-refractivity contribution in [2.45, 2.75) is 0 Å². The topological polar surface area (TPSA) is 32.3 Å². The fourth-order valence-corrected chi connectivity index (χ4v) is 2.94. The molecule has 0 aliphatic carbocycles. The molecule has 0 unspecified atom stereocenters. The molecule has 7 heteroatoms. The van der Waals surface area contributed by atoms with Crippen LogP contribution in [0.4, 0.5) is 5.69 Å². The van der Waals surface area contributed by atoms with E-state index in [2.05, 4.69) is 5.32 Å². The lowest BCUT2D eigenvalue weighted by Gasteiger charge is -2.16. The molecule has 1 heterocycles. The molecule has 116 valence electrons. The Hall–Kier alpha value is -1.59. The van der Waals surface area contributed by atoms with Crippen LogP contribution in [0.2, 0.25) is 15.1 Å². The second kappa shape index (κ2) is 6.49. The largest absolute Gasteiger partial charge is 0.327 e. The molecule has 0 bridgehead atoms. The smallest absolute Gasteiger partial charge is 0.281 e. The average molecular weight is 384 g/mol. The predicted octanol–water partition coefficient (Wildman–Crippen LogP) is 4.91. The van der Waals surface area contributed by atoms with Crippen molar-refractivity contribution in [1.82, 2.24) is 5.32 Å². The number of rotatable bonds is 2. The Labute approximate surface area is 153 Å². The van der Waals surface area contributed by atoms with E-state index in [-0.39, 0.29) is 16.0 Å². The van der Waals surface area contributed by atoms with Crippen LogP contribution in [0.5, 0.6) is 0 Å². The van der Waals surface area contributed by atoms with E-state index < -0.39 is 0 Å². The maximum atomic E-state index is 12.6. The lowest BCUT2D eigenvalue weighted by Crippen LogP contribution is -2.30. The molecular weight excluding hydrogens is 375 g/mol. The number of halogens is 3. The quantitative estimate of drug-likeness (QED) is 0.591. The van der Waals surface area contributed by atoms with Crippen molar-refractivity contribution >= 4 is 69.8 Å². The first kappa shape index (κ1) is 16.3. The molecule has 2 aromatic carbocycles. The van der Waals surface area contributed by atoms with Gasteiger partial charge >= 0.3 is 0 Å². The lowest BCUT2D eigenvalue weighted by molar-refractivity contribution is -0.113. The number of carbonyl (C=O) groups excluding carboxylic acids is 1. The molecule has 1 fully saturated rings. The van der Waals surface area contributed by atoms with E-state index in [1.807, 2.05) is 12.1 Å². The van der Waals surface area contributed by atoms with E-state index in [1.165, 1.54) is 4.90 Å². The number of benzene rings is 2. The van der Waals surface area contributed by atoms with Gasteiger partial charge in [-0.1, -0.05) is 53.0 Å². The molecule has 2 aromatic rings. The highest BCUT2D eigenvalue weighted by molar-refractivity contribution is 7.80. The van der Waals surface area contributed by atoms with Crippen molar-refractivity contribution in [2.24, 2.45) is 0 Å². The summed E-state index contributed by atoms with van der Waals surface area (Å²) >= 11 is 23.3. The van der Waals surface area contributed by atoms with Crippen LogP contribution >= 0.6 is 47.0 Å². The van der Waals surface area contributed by atoms with E-state index in [0.29, 0.717) is 21.4 Å². The summed E-state index contributed by atoms with van der Waals surface area (Å²) in [7, 11) is 0.